The lowest BCUT2D eigenvalue weighted by Crippen LogP contribution is -2.07. The molecule has 0 saturated heterocycles. The lowest BCUT2D eigenvalue weighted by Gasteiger charge is -2.11. The highest BCUT2D eigenvalue weighted by Gasteiger charge is 2.05. The molecular formula is C20H21ClN4O2. The van der Waals surface area contributed by atoms with Crippen LogP contribution in [-0.2, 0) is 13.1 Å². The van der Waals surface area contributed by atoms with Gasteiger partial charge in [0.2, 0.25) is 5.95 Å². The largest absolute Gasteiger partial charge is 0.493 e. The van der Waals surface area contributed by atoms with Crippen molar-refractivity contribution < 1.29 is 9.47 Å². The van der Waals surface area contributed by atoms with Crippen molar-refractivity contribution in [2.24, 2.45) is 0 Å². The van der Waals surface area contributed by atoms with Crippen molar-refractivity contribution in [3.63, 3.8) is 0 Å². The summed E-state index contributed by atoms with van der Waals surface area (Å²) in [5.41, 5.74) is 2.16. The number of nitrogens with zero attached hydrogens (tertiary/aromatic N) is 2. The topological polar surface area (TPSA) is 68.3 Å². The van der Waals surface area contributed by atoms with Crippen LogP contribution < -0.4 is 20.1 Å². The minimum absolute atomic E-state index is 0.558. The summed E-state index contributed by atoms with van der Waals surface area (Å²) in [6, 6.07) is 15.3. The summed E-state index contributed by atoms with van der Waals surface area (Å²) >= 11 is 5.90. The number of methoxy groups -OCH3 is 2. The van der Waals surface area contributed by atoms with Crippen LogP contribution in [0.1, 0.15) is 11.1 Å². The number of aromatic nitrogens is 2. The minimum atomic E-state index is 0.558. The van der Waals surface area contributed by atoms with Crippen LogP contribution in [0.4, 0.5) is 11.8 Å². The molecule has 140 valence electrons. The molecule has 1 heterocycles. The summed E-state index contributed by atoms with van der Waals surface area (Å²) < 4.78 is 10.6. The van der Waals surface area contributed by atoms with E-state index in [0.29, 0.717) is 30.5 Å². The first-order chi connectivity index (χ1) is 13.2. The van der Waals surface area contributed by atoms with Crippen LogP contribution in [0.5, 0.6) is 11.5 Å². The van der Waals surface area contributed by atoms with Gasteiger partial charge in [-0.15, -0.1) is 0 Å². The van der Waals surface area contributed by atoms with Gasteiger partial charge in [-0.2, -0.15) is 4.98 Å². The van der Waals surface area contributed by atoms with E-state index in [2.05, 4.69) is 20.6 Å². The van der Waals surface area contributed by atoms with Gasteiger partial charge in [-0.3, -0.25) is 0 Å². The molecule has 3 aromatic rings. The van der Waals surface area contributed by atoms with Crippen molar-refractivity contribution in [2.75, 3.05) is 24.9 Å². The average Bonchev–Trinajstić information content (AvgIpc) is 2.72. The van der Waals surface area contributed by atoms with Crippen LogP contribution in [0, 0.1) is 0 Å². The van der Waals surface area contributed by atoms with Gasteiger partial charge in [0.1, 0.15) is 5.82 Å². The Labute approximate surface area is 163 Å². The Balaban J connectivity index is 1.59. The van der Waals surface area contributed by atoms with E-state index in [-0.39, 0.29) is 0 Å². The molecule has 0 aliphatic heterocycles. The average molecular weight is 385 g/mol. The molecule has 0 aliphatic carbocycles. The third kappa shape index (κ3) is 5.24. The fraction of sp³-hybridized carbons (Fsp3) is 0.200. The van der Waals surface area contributed by atoms with Gasteiger partial charge in [-0.25, -0.2) is 4.98 Å². The van der Waals surface area contributed by atoms with Crippen LogP contribution in [0.25, 0.3) is 0 Å². The second kappa shape index (κ2) is 9.09. The van der Waals surface area contributed by atoms with Crippen molar-refractivity contribution >= 4 is 23.4 Å². The van der Waals surface area contributed by atoms with E-state index in [4.69, 9.17) is 21.1 Å². The summed E-state index contributed by atoms with van der Waals surface area (Å²) in [6.07, 6.45) is 1.72. The molecule has 0 bridgehead atoms. The number of hydrogen-bond donors (Lipinski definition) is 2. The number of anilines is 2. The van der Waals surface area contributed by atoms with E-state index in [1.807, 2.05) is 48.5 Å². The van der Waals surface area contributed by atoms with Crippen LogP contribution >= 0.6 is 11.6 Å². The smallest absolute Gasteiger partial charge is 0.224 e. The number of benzene rings is 2. The van der Waals surface area contributed by atoms with E-state index in [0.717, 1.165) is 22.0 Å². The zero-order valence-electron chi connectivity index (χ0n) is 15.2. The Hall–Kier alpha value is -2.99. The van der Waals surface area contributed by atoms with Crippen molar-refractivity contribution in [2.45, 2.75) is 13.1 Å². The van der Waals surface area contributed by atoms with Crippen LogP contribution in [0.15, 0.2) is 54.7 Å². The number of hydrogen-bond acceptors (Lipinski definition) is 6. The molecule has 0 atom stereocenters. The Bertz CT molecular complexity index is 887. The van der Waals surface area contributed by atoms with Crippen LogP contribution in [0.2, 0.25) is 5.02 Å². The molecule has 0 aliphatic rings. The van der Waals surface area contributed by atoms with Crippen molar-refractivity contribution in [3.8, 4) is 11.5 Å². The second-order valence-electron chi connectivity index (χ2n) is 5.79. The van der Waals surface area contributed by atoms with Gasteiger partial charge in [0.05, 0.1) is 14.2 Å². The summed E-state index contributed by atoms with van der Waals surface area (Å²) in [7, 11) is 3.24. The van der Waals surface area contributed by atoms with Gasteiger partial charge < -0.3 is 20.1 Å². The number of rotatable bonds is 8. The molecule has 0 saturated carbocycles. The van der Waals surface area contributed by atoms with Gasteiger partial charge in [-0.1, -0.05) is 29.8 Å². The molecule has 0 unspecified atom stereocenters. The summed E-state index contributed by atoms with van der Waals surface area (Å²) in [6.45, 7) is 1.23. The fourth-order valence-electron chi connectivity index (χ4n) is 2.51. The summed E-state index contributed by atoms with van der Waals surface area (Å²) in [4.78, 5) is 8.73. The standard InChI is InChI=1S/C20H21ClN4O2/c1-26-17-8-5-15(11-18(17)27-2)13-23-19-9-10-22-20(25-19)24-12-14-3-6-16(21)7-4-14/h3-11H,12-13H2,1-2H3,(H2,22,23,24,25). The molecule has 27 heavy (non-hydrogen) atoms. The third-order valence-electron chi connectivity index (χ3n) is 3.94. The molecule has 1 aromatic heterocycles. The zero-order valence-corrected chi connectivity index (χ0v) is 16.0. The lowest BCUT2D eigenvalue weighted by molar-refractivity contribution is 0.354. The predicted octanol–water partition coefficient (Wildman–Crippen LogP) is 4.37. The first-order valence-electron chi connectivity index (χ1n) is 8.44. The number of halogens is 1. The normalized spacial score (nSPS) is 10.3. The Morgan fingerprint density at radius 2 is 1.56 bits per heavy atom. The predicted molar refractivity (Wildman–Crippen MR) is 108 cm³/mol. The fourth-order valence-corrected chi connectivity index (χ4v) is 2.63. The summed E-state index contributed by atoms with van der Waals surface area (Å²) in [5, 5.41) is 7.22. The molecule has 7 heteroatoms. The Morgan fingerprint density at radius 1 is 0.852 bits per heavy atom. The molecular weight excluding hydrogens is 364 g/mol. The SMILES string of the molecule is COc1ccc(CNc2ccnc(NCc3ccc(Cl)cc3)n2)cc1OC. The highest BCUT2D eigenvalue weighted by atomic mass is 35.5. The van der Waals surface area contributed by atoms with E-state index in [1.54, 1.807) is 20.4 Å². The van der Waals surface area contributed by atoms with E-state index in [9.17, 15) is 0 Å². The first-order valence-corrected chi connectivity index (χ1v) is 8.82. The Kier molecular flexibility index (Phi) is 6.33. The van der Waals surface area contributed by atoms with Crippen molar-refractivity contribution in [1.82, 2.24) is 9.97 Å². The van der Waals surface area contributed by atoms with Gasteiger partial charge in [0.15, 0.2) is 11.5 Å². The molecule has 0 fully saturated rings. The number of ether oxygens (including phenoxy) is 2. The monoisotopic (exact) mass is 384 g/mol. The van der Waals surface area contributed by atoms with Crippen molar-refractivity contribution in [1.29, 1.82) is 0 Å². The lowest BCUT2D eigenvalue weighted by atomic mass is 10.2. The minimum Gasteiger partial charge on any atom is -0.493 e. The van der Waals surface area contributed by atoms with E-state index < -0.39 is 0 Å². The van der Waals surface area contributed by atoms with Gasteiger partial charge in [0.25, 0.3) is 0 Å². The highest BCUT2D eigenvalue weighted by molar-refractivity contribution is 6.30. The highest BCUT2D eigenvalue weighted by Crippen LogP contribution is 2.27. The maximum atomic E-state index is 5.90. The molecule has 0 amide bonds. The van der Waals surface area contributed by atoms with Gasteiger partial charge >= 0.3 is 0 Å². The number of nitrogens with one attached hydrogen (secondary N) is 2. The molecule has 6 nitrogen and oxygen atoms in total. The molecule has 3 rings (SSSR count). The van der Waals surface area contributed by atoms with E-state index in [1.165, 1.54) is 0 Å². The maximum Gasteiger partial charge on any atom is 0.224 e. The molecule has 2 N–H and O–H groups in total. The Morgan fingerprint density at radius 3 is 2.30 bits per heavy atom. The van der Waals surface area contributed by atoms with Crippen molar-refractivity contribution in [3.05, 3.63) is 70.9 Å². The quantitative estimate of drug-likeness (QED) is 0.601. The van der Waals surface area contributed by atoms with Gasteiger partial charge in [0, 0.05) is 24.3 Å². The first kappa shape index (κ1) is 18.8. The van der Waals surface area contributed by atoms with Crippen LogP contribution in [0.3, 0.4) is 0 Å². The van der Waals surface area contributed by atoms with E-state index >= 15 is 0 Å². The molecule has 2 aromatic carbocycles. The zero-order chi connectivity index (χ0) is 19.1. The molecule has 0 spiro atoms. The second-order valence-corrected chi connectivity index (χ2v) is 6.22. The van der Waals surface area contributed by atoms with Crippen LogP contribution in [-0.4, -0.2) is 24.2 Å². The van der Waals surface area contributed by atoms with Gasteiger partial charge in [-0.05, 0) is 41.5 Å². The third-order valence-corrected chi connectivity index (χ3v) is 4.19. The summed E-state index contributed by atoms with van der Waals surface area (Å²) in [5.74, 6) is 2.70. The molecule has 0 radical (unpaired) electrons. The maximum absolute atomic E-state index is 5.90.